The highest BCUT2D eigenvalue weighted by Gasteiger charge is 2.12. The summed E-state index contributed by atoms with van der Waals surface area (Å²) in [6.07, 6.45) is 1.80. The Labute approximate surface area is 116 Å². The van der Waals surface area contributed by atoms with Gasteiger partial charge in [-0.05, 0) is 36.8 Å². The quantitative estimate of drug-likeness (QED) is 0.794. The molecular weight excluding hydrogens is 254 g/mol. The Hall–Kier alpha value is -2.56. The van der Waals surface area contributed by atoms with Crippen LogP contribution in [0.15, 0.2) is 30.5 Å². The summed E-state index contributed by atoms with van der Waals surface area (Å²) in [7, 11) is 3.27. The highest BCUT2D eigenvalue weighted by molar-refractivity contribution is 5.78. The minimum Gasteiger partial charge on any atom is -0.497 e. The molecule has 0 fully saturated rings. The van der Waals surface area contributed by atoms with Gasteiger partial charge >= 0.3 is 0 Å². The van der Waals surface area contributed by atoms with Crippen LogP contribution in [0.1, 0.15) is 5.56 Å². The second kappa shape index (κ2) is 4.85. The van der Waals surface area contributed by atoms with E-state index in [2.05, 4.69) is 15.0 Å². The predicted molar refractivity (Wildman–Crippen MR) is 77.2 cm³/mol. The Morgan fingerprint density at radius 3 is 2.70 bits per heavy atom. The van der Waals surface area contributed by atoms with Crippen molar-refractivity contribution in [1.82, 2.24) is 15.0 Å². The summed E-state index contributed by atoms with van der Waals surface area (Å²) in [6, 6.07) is 7.63. The van der Waals surface area contributed by atoms with Gasteiger partial charge < -0.3 is 14.5 Å². The van der Waals surface area contributed by atoms with Crippen LogP contribution in [0, 0.1) is 6.92 Å². The molecule has 1 N–H and O–H groups in total. The van der Waals surface area contributed by atoms with Gasteiger partial charge in [0, 0.05) is 6.20 Å². The second-order valence-electron chi connectivity index (χ2n) is 4.54. The Kier molecular flexibility index (Phi) is 3.02. The molecule has 5 nitrogen and oxygen atoms in total. The lowest BCUT2D eigenvalue weighted by atomic mass is 10.2. The maximum atomic E-state index is 5.38. The zero-order chi connectivity index (χ0) is 14.1. The van der Waals surface area contributed by atoms with Gasteiger partial charge in [0.25, 0.3) is 0 Å². The molecule has 3 aromatic rings. The monoisotopic (exact) mass is 269 g/mol. The van der Waals surface area contributed by atoms with E-state index in [9.17, 15) is 0 Å². The number of rotatable bonds is 3. The second-order valence-corrected chi connectivity index (χ2v) is 4.54. The van der Waals surface area contributed by atoms with E-state index in [-0.39, 0.29) is 0 Å². The lowest BCUT2D eigenvalue weighted by molar-refractivity contribution is 0.404. The summed E-state index contributed by atoms with van der Waals surface area (Å²) in [5.74, 6) is 2.21. The number of aromatic nitrogens is 3. The fourth-order valence-electron chi connectivity index (χ4n) is 2.13. The molecule has 2 heterocycles. The smallest absolute Gasteiger partial charge is 0.178 e. The van der Waals surface area contributed by atoms with Crippen molar-refractivity contribution < 1.29 is 9.47 Å². The third-order valence-corrected chi connectivity index (χ3v) is 3.14. The van der Waals surface area contributed by atoms with Crippen LogP contribution in [0.25, 0.3) is 22.6 Å². The van der Waals surface area contributed by atoms with Crippen molar-refractivity contribution in [2.75, 3.05) is 14.2 Å². The number of hydrogen-bond acceptors (Lipinski definition) is 4. The van der Waals surface area contributed by atoms with Gasteiger partial charge in [0.05, 0.1) is 25.3 Å². The summed E-state index contributed by atoms with van der Waals surface area (Å²) in [4.78, 5) is 12.1. The molecule has 0 saturated heterocycles. The summed E-state index contributed by atoms with van der Waals surface area (Å²) in [6.45, 7) is 2.00. The molecule has 0 aliphatic carbocycles. The number of benzene rings is 1. The minimum absolute atomic E-state index is 0.690. The fourth-order valence-corrected chi connectivity index (χ4v) is 2.13. The third kappa shape index (κ3) is 2.07. The fraction of sp³-hybridized carbons (Fsp3) is 0.200. The molecule has 3 rings (SSSR count). The lowest BCUT2D eigenvalue weighted by Gasteiger charge is -2.08. The van der Waals surface area contributed by atoms with Gasteiger partial charge in [0.1, 0.15) is 17.3 Å². The van der Waals surface area contributed by atoms with Gasteiger partial charge in [0.2, 0.25) is 0 Å². The molecule has 0 amide bonds. The first-order chi connectivity index (χ1) is 9.71. The molecule has 5 heteroatoms. The first kappa shape index (κ1) is 12.5. The Morgan fingerprint density at radius 2 is 1.95 bits per heavy atom. The van der Waals surface area contributed by atoms with Crippen LogP contribution in [0.2, 0.25) is 0 Å². The van der Waals surface area contributed by atoms with E-state index < -0.39 is 0 Å². The number of nitrogens with one attached hydrogen (secondary N) is 1. The van der Waals surface area contributed by atoms with Crippen LogP contribution in [0.5, 0.6) is 11.5 Å². The van der Waals surface area contributed by atoms with Crippen molar-refractivity contribution in [2.45, 2.75) is 6.92 Å². The molecule has 0 bridgehead atoms. The number of aryl methyl sites for hydroxylation is 1. The molecule has 0 saturated carbocycles. The molecule has 20 heavy (non-hydrogen) atoms. The number of imidazole rings is 1. The van der Waals surface area contributed by atoms with Crippen LogP contribution in [0.3, 0.4) is 0 Å². The van der Waals surface area contributed by atoms with Gasteiger partial charge in [-0.1, -0.05) is 0 Å². The van der Waals surface area contributed by atoms with E-state index >= 15 is 0 Å². The Balaban J connectivity index is 2.18. The summed E-state index contributed by atoms with van der Waals surface area (Å²) in [5, 5.41) is 0. The number of hydrogen-bond donors (Lipinski definition) is 1. The number of methoxy groups -OCH3 is 2. The molecule has 0 atom stereocenters. The topological polar surface area (TPSA) is 60.0 Å². The first-order valence-electron chi connectivity index (χ1n) is 6.26. The van der Waals surface area contributed by atoms with Crippen molar-refractivity contribution in [3.8, 4) is 22.9 Å². The number of H-pyrrole nitrogens is 1. The average molecular weight is 269 g/mol. The van der Waals surface area contributed by atoms with Crippen molar-refractivity contribution in [2.24, 2.45) is 0 Å². The van der Waals surface area contributed by atoms with E-state index in [1.54, 1.807) is 20.4 Å². The van der Waals surface area contributed by atoms with Crippen molar-refractivity contribution in [3.63, 3.8) is 0 Å². The van der Waals surface area contributed by atoms with Crippen LogP contribution in [-0.4, -0.2) is 29.2 Å². The van der Waals surface area contributed by atoms with Crippen LogP contribution >= 0.6 is 0 Å². The zero-order valence-electron chi connectivity index (χ0n) is 11.6. The molecule has 0 aliphatic rings. The van der Waals surface area contributed by atoms with Gasteiger partial charge in [-0.15, -0.1) is 0 Å². The van der Waals surface area contributed by atoms with Gasteiger partial charge in [0.15, 0.2) is 5.65 Å². The van der Waals surface area contributed by atoms with E-state index in [0.29, 0.717) is 11.5 Å². The molecule has 1 aromatic carbocycles. The van der Waals surface area contributed by atoms with Crippen molar-refractivity contribution in [3.05, 3.63) is 36.0 Å². The normalized spacial score (nSPS) is 10.8. The molecule has 0 unspecified atom stereocenters. The molecule has 2 aromatic heterocycles. The lowest BCUT2D eigenvalue weighted by Crippen LogP contribution is -1.91. The van der Waals surface area contributed by atoms with Gasteiger partial charge in [-0.3, -0.25) is 0 Å². The minimum atomic E-state index is 0.690. The standard InChI is InChI=1S/C15H15N3O2/c1-9-6-12-15(16-8-9)18-14(17-12)11-7-10(19-2)4-5-13(11)20-3/h4-8H,1-3H3,(H,16,17,18). The number of fused-ring (bicyclic) bond motifs is 1. The number of nitrogens with zero attached hydrogens (tertiary/aromatic N) is 2. The number of ether oxygens (including phenoxy) is 2. The van der Waals surface area contributed by atoms with Crippen molar-refractivity contribution in [1.29, 1.82) is 0 Å². The van der Waals surface area contributed by atoms with Crippen LogP contribution in [0.4, 0.5) is 0 Å². The highest BCUT2D eigenvalue weighted by atomic mass is 16.5. The SMILES string of the molecule is COc1ccc(OC)c(-c2nc3ncc(C)cc3[nH]2)c1. The molecule has 0 aliphatic heterocycles. The summed E-state index contributed by atoms with van der Waals surface area (Å²) < 4.78 is 10.6. The largest absolute Gasteiger partial charge is 0.497 e. The molecular formula is C15H15N3O2. The number of aromatic amines is 1. The third-order valence-electron chi connectivity index (χ3n) is 3.14. The predicted octanol–water partition coefficient (Wildman–Crippen LogP) is 2.95. The summed E-state index contributed by atoms with van der Waals surface area (Å²) >= 11 is 0. The number of pyridine rings is 1. The van der Waals surface area contributed by atoms with E-state index in [1.807, 2.05) is 31.2 Å². The Morgan fingerprint density at radius 1 is 1.10 bits per heavy atom. The molecule has 0 spiro atoms. The van der Waals surface area contributed by atoms with E-state index in [0.717, 1.165) is 28.1 Å². The summed E-state index contributed by atoms with van der Waals surface area (Å²) in [5.41, 5.74) is 3.54. The maximum Gasteiger partial charge on any atom is 0.178 e. The highest BCUT2D eigenvalue weighted by Crippen LogP contribution is 2.32. The Bertz CT molecular complexity index is 765. The van der Waals surface area contributed by atoms with Crippen LogP contribution < -0.4 is 9.47 Å². The van der Waals surface area contributed by atoms with E-state index in [4.69, 9.17) is 9.47 Å². The van der Waals surface area contributed by atoms with Gasteiger partial charge in [-0.25, -0.2) is 9.97 Å². The molecule has 102 valence electrons. The van der Waals surface area contributed by atoms with Gasteiger partial charge in [-0.2, -0.15) is 0 Å². The molecule has 0 radical (unpaired) electrons. The average Bonchev–Trinajstić information content (AvgIpc) is 2.89. The zero-order valence-corrected chi connectivity index (χ0v) is 11.6. The maximum absolute atomic E-state index is 5.38. The first-order valence-corrected chi connectivity index (χ1v) is 6.26. The van der Waals surface area contributed by atoms with Crippen molar-refractivity contribution >= 4 is 11.2 Å². The van der Waals surface area contributed by atoms with E-state index in [1.165, 1.54) is 0 Å². The van der Waals surface area contributed by atoms with Crippen LogP contribution in [-0.2, 0) is 0 Å².